The van der Waals surface area contributed by atoms with Crippen molar-refractivity contribution in [3.05, 3.63) is 65.5 Å². The van der Waals surface area contributed by atoms with Crippen molar-refractivity contribution in [3.63, 3.8) is 0 Å². The number of Topliss-reactive ketones (excluding diaryl/α,β-unsaturated/α-hetero) is 1. The standard InChI is InChI=1S/C25H25N3O5S/c1-15-11-19(16(2)28(15)18-9-7-6-8-10-18)20(29)14-34-25-27-26-24(33-25)17-12-21(30-3)23(32-5)22(13-17)31-4/h6-13H,14H2,1-5H3. The quantitative estimate of drug-likeness (QED) is 0.241. The Kier molecular flexibility index (Phi) is 6.93. The largest absolute Gasteiger partial charge is 0.493 e. The minimum atomic E-state index is -0.00665. The number of thioether (sulfide) groups is 1. The maximum Gasteiger partial charge on any atom is 0.277 e. The Morgan fingerprint density at radius 2 is 1.65 bits per heavy atom. The molecule has 2 heterocycles. The highest BCUT2D eigenvalue weighted by Gasteiger charge is 2.20. The second-order valence-corrected chi connectivity index (χ2v) is 8.38. The summed E-state index contributed by atoms with van der Waals surface area (Å²) >= 11 is 1.20. The predicted molar refractivity (Wildman–Crippen MR) is 130 cm³/mol. The van der Waals surface area contributed by atoms with Crippen molar-refractivity contribution >= 4 is 17.5 Å². The summed E-state index contributed by atoms with van der Waals surface area (Å²) in [4.78, 5) is 13.0. The van der Waals surface area contributed by atoms with Crippen molar-refractivity contribution in [2.75, 3.05) is 27.1 Å². The van der Waals surface area contributed by atoms with E-state index in [4.69, 9.17) is 18.6 Å². The average molecular weight is 480 g/mol. The third kappa shape index (κ3) is 4.51. The third-order valence-corrected chi connectivity index (χ3v) is 6.21. The smallest absolute Gasteiger partial charge is 0.277 e. The lowest BCUT2D eigenvalue weighted by molar-refractivity contribution is 0.102. The lowest BCUT2D eigenvalue weighted by Crippen LogP contribution is -2.05. The molecule has 0 spiro atoms. The van der Waals surface area contributed by atoms with Gasteiger partial charge in [0.05, 0.1) is 27.1 Å². The number of rotatable bonds is 9. The van der Waals surface area contributed by atoms with Crippen LogP contribution in [-0.2, 0) is 0 Å². The van der Waals surface area contributed by atoms with Gasteiger partial charge < -0.3 is 23.2 Å². The van der Waals surface area contributed by atoms with Crippen LogP contribution in [0.5, 0.6) is 17.2 Å². The Balaban J connectivity index is 1.51. The summed E-state index contributed by atoms with van der Waals surface area (Å²) in [5.41, 5.74) is 4.22. The lowest BCUT2D eigenvalue weighted by atomic mass is 10.2. The number of carbonyl (C=O) groups is 1. The van der Waals surface area contributed by atoms with Gasteiger partial charge >= 0.3 is 0 Å². The molecule has 8 nitrogen and oxygen atoms in total. The van der Waals surface area contributed by atoms with Crippen LogP contribution >= 0.6 is 11.8 Å². The number of para-hydroxylation sites is 1. The molecule has 0 fully saturated rings. The number of ketones is 1. The van der Waals surface area contributed by atoms with Gasteiger partial charge in [-0.1, -0.05) is 30.0 Å². The number of methoxy groups -OCH3 is 3. The Bertz CT molecular complexity index is 1290. The first-order valence-corrected chi connectivity index (χ1v) is 11.5. The molecule has 4 aromatic rings. The van der Waals surface area contributed by atoms with Gasteiger partial charge in [-0.05, 0) is 44.2 Å². The summed E-state index contributed by atoms with van der Waals surface area (Å²) in [7, 11) is 4.61. The van der Waals surface area contributed by atoms with Crippen molar-refractivity contribution < 1.29 is 23.4 Å². The van der Waals surface area contributed by atoms with Gasteiger partial charge in [-0.15, -0.1) is 10.2 Å². The second-order valence-electron chi connectivity index (χ2n) is 7.45. The van der Waals surface area contributed by atoms with Crippen LogP contribution < -0.4 is 14.2 Å². The first-order chi connectivity index (χ1) is 16.5. The van der Waals surface area contributed by atoms with Crippen LogP contribution in [0.2, 0.25) is 0 Å². The molecule has 0 saturated heterocycles. The molecule has 4 rings (SSSR count). The van der Waals surface area contributed by atoms with Crippen molar-refractivity contribution in [2.24, 2.45) is 0 Å². The van der Waals surface area contributed by atoms with E-state index in [0.29, 0.717) is 33.6 Å². The van der Waals surface area contributed by atoms with E-state index in [1.165, 1.54) is 33.1 Å². The highest BCUT2D eigenvalue weighted by molar-refractivity contribution is 7.99. The van der Waals surface area contributed by atoms with Crippen molar-refractivity contribution in [1.82, 2.24) is 14.8 Å². The molecule has 34 heavy (non-hydrogen) atoms. The van der Waals surface area contributed by atoms with Crippen LogP contribution in [0.1, 0.15) is 21.7 Å². The highest BCUT2D eigenvalue weighted by atomic mass is 32.2. The van der Waals surface area contributed by atoms with E-state index in [1.54, 1.807) is 12.1 Å². The molecule has 0 aliphatic carbocycles. The molecule has 9 heteroatoms. The van der Waals surface area contributed by atoms with Crippen LogP contribution in [0.3, 0.4) is 0 Å². The molecule has 0 amide bonds. The van der Waals surface area contributed by atoms with Crippen LogP contribution in [0.4, 0.5) is 0 Å². The minimum Gasteiger partial charge on any atom is -0.493 e. The molecule has 0 aliphatic rings. The van der Waals surface area contributed by atoms with Gasteiger partial charge in [-0.2, -0.15) is 0 Å². The maximum atomic E-state index is 13.0. The Labute approximate surface area is 201 Å². The zero-order chi connectivity index (χ0) is 24.2. The predicted octanol–water partition coefficient (Wildman–Crippen LogP) is 5.14. The molecule has 2 aromatic heterocycles. The molecular formula is C25H25N3O5S. The van der Waals surface area contributed by atoms with Gasteiger partial charge in [0.2, 0.25) is 11.6 Å². The number of hydrogen-bond acceptors (Lipinski definition) is 8. The monoisotopic (exact) mass is 479 g/mol. The van der Waals surface area contributed by atoms with Crippen molar-refractivity contribution in [3.8, 4) is 34.4 Å². The number of nitrogens with zero attached hydrogens (tertiary/aromatic N) is 3. The molecule has 0 radical (unpaired) electrons. The number of benzene rings is 2. The van der Waals surface area contributed by atoms with Gasteiger partial charge in [-0.25, -0.2) is 0 Å². The van der Waals surface area contributed by atoms with E-state index in [1.807, 2.05) is 50.2 Å². The fourth-order valence-corrected chi connectivity index (χ4v) is 4.46. The van der Waals surface area contributed by atoms with Crippen LogP contribution in [-0.4, -0.2) is 47.6 Å². The molecular weight excluding hydrogens is 454 g/mol. The van der Waals surface area contributed by atoms with Crippen LogP contribution in [0, 0.1) is 13.8 Å². The van der Waals surface area contributed by atoms with Crippen LogP contribution in [0.15, 0.2) is 58.2 Å². The number of carbonyl (C=O) groups excluding carboxylic acids is 1. The minimum absolute atomic E-state index is 0.00665. The number of hydrogen-bond donors (Lipinski definition) is 0. The molecule has 0 N–H and O–H groups in total. The zero-order valence-corrected chi connectivity index (χ0v) is 20.4. The molecule has 0 unspecified atom stereocenters. The van der Waals surface area contributed by atoms with E-state index in [0.717, 1.165) is 17.1 Å². The molecule has 2 aromatic carbocycles. The van der Waals surface area contributed by atoms with Crippen molar-refractivity contribution in [1.29, 1.82) is 0 Å². The van der Waals surface area contributed by atoms with E-state index < -0.39 is 0 Å². The van der Waals surface area contributed by atoms with E-state index in [2.05, 4.69) is 14.8 Å². The van der Waals surface area contributed by atoms with Gasteiger partial charge in [0.15, 0.2) is 17.3 Å². The summed E-state index contributed by atoms with van der Waals surface area (Å²) in [6.45, 7) is 3.94. The normalized spacial score (nSPS) is 10.9. The Hall–Kier alpha value is -3.72. The average Bonchev–Trinajstić information content (AvgIpc) is 3.46. The fourth-order valence-electron chi connectivity index (χ4n) is 3.81. The Morgan fingerprint density at radius 1 is 0.971 bits per heavy atom. The molecule has 0 aliphatic heterocycles. The first kappa shape index (κ1) is 23.4. The van der Waals surface area contributed by atoms with Crippen LogP contribution in [0.25, 0.3) is 17.1 Å². The molecule has 0 bridgehead atoms. The summed E-state index contributed by atoms with van der Waals surface area (Å²) in [6.07, 6.45) is 0. The van der Waals surface area contributed by atoms with Gasteiger partial charge in [0.25, 0.3) is 5.22 Å². The molecule has 0 atom stereocenters. The fraction of sp³-hybridized carbons (Fsp3) is 0.240. The lowest BCUT2D eigenvalue weighted by Gasteiger charge is -2.12. The summed E-state index contributed by atoms with van der Waals surface area (Å²) < 4.78 is 24.0. The SMILES string of the molecule is COc1cc(-c2nnc(SCC(=O)c3cc(C)n(-c4ccccc4)c3C)o2)cc(OC)c1OC. The van der Waals surface area contributed by atoms with Gasteiger partial charge in [0.1, 0.15) is 0 Å². The first-order valence-electron chi connectivity index (χ1n) is 10.5. The third-order valence-electron chi connectivity index (χ3n) is 5.39. The maximum absolute atomic E-state index is 13.0. The Morgan fingerprint density at radius 3 is 2.26 bits per heavy atom. The van der Waals surface area contributed by atoms with Crippen molar-refractivity contribution in [2.45, 2.75) is 19.1 Å². The summed E-state index contributed by atoms with van der Waals surface area (Å²) in [6, 6.07) is 15.3. The number of aryl methyl sites for hydroxylation is 1. The van der Waals surface area contributed by atoms with E-state index in [-0.39, 0.29) is 17.4 Å². The zero-order valence-electron chi connectivity index (χ0n) is 19.6. The highest BCUT2D eigenvalue weighted by Crippen LogP contribution is 2.41. The summed E-state index contributed by atoms with van der Waals surface area (Å²) in [5, 5.41) is 8.49. The van der Waals surface area contributed by atoms with E-state index >= 15 is 0 Å². The van der Waals surface area contributed by atoms with Gasteiger partial charge in [0, 0.05) is 28.2 Å². The molecule has 0 saturated carbocycles. The van der Waals surface area contributed by atoms with Gasteiger partial charge in [-0.3, -0.25) is 4.79 Å². The van der Waals surface area contributed by atoms with E-state index in [9.17, 15) is 4.79 Å². The second kappa shape index (κ2) is 10.0. The summed E-state index contributed by atoms with van der Waals surface area (Å²) in [5.74, 6) is 1.89. The number of ether oxygens (including phenoxy) is 3. The number of aromatic nitrogens is 3. The topological polar surface area (TPSA) is 88.6 Å². The molecule has 176 valence electrons.